The number of nitrogens with two attached hydrogens (primary N) is 1. The van der Waals surface area contributed by atoms with Crippen molar-refractivity contribution in [2.45, 2.75) is 33.1 Å². The number of rotatable bonds is 7. The van der Waals surface area contributed by atoms with Gasteiger partial charge in [0.25, 0.3) is 0 Å². The minimum atomic E-state index is 0.221. The fourth-order valence-corrected chi connectivity index (χ4v) is 2.38. The number of benzene rings is 1. The van der Waals surface area contributed by atoms with Crippen molar-refractivity contribution in [3.63, 3.8) is 0 Å². The first-order chi connectivity index (χ1) is 8.52. The number of hydrogen-bond donors (Lipinski definition) is 1. The maximum atomic E-state index is 12.0. The lowest BCUT2D eigenvalue weighted by Crippen LogP contribution is -2.20. The lowest BCUT2D eigenvalue weighted by atomic mass is 9.91. The van der Waals surface area contributed by atoms with Crippen LogP contribution in [0.25, 0.3) is 0 Å². The number of hydrogen-bond acceptors (Lipinski definition) is 2. The van der Waals surface area contributed by atoms with E-state index in [1.165, 1.54) is 0 Å². The van der Waals surface area contributed by atoms with Crippen LogP contribution in [0.4, 0.5) is 0 Å². The van der Waals surface area contributed by atoms with Crippen LogP contribution in [0.15, 0.2) is 24.3 Å². The van der Waals surface area contributed by atoms with Gasteiger partial charge in [-0.2, -0.15) is 0 Å². The summed E-state index contributed by atoms with van der Waals surface area (Å²) in [6.45, 7) is 4.88. The minimum Gasteiger partial charge on any atom is -0.330 e. The molecule has 0 aliphatic heterocycles. The normalized spacial score (nSPS) is 12.7. The number of halogens is 1. The summed E-state index contributed by atoms with van der Waals surface area (Å²) < 4.78 is 0. The molecule has 0 aromatic heterocycles. The molecule has 0 aliphatic rings. The topological polar surface area (TPSA) is 43.1 Å². The quantitative estimate of drug-likeness (QED) is 0.822. The summed E-state index contributed by atoms with van der Waals surface area (Å²) in [5, 5.41) is 0.666. The summed E-state index contributed by atoms with van der Waals surface area (Å²) in [5.41, 5.74) is 6.62. The van der Waals surface area contributed by atoms with Gasteiger partial charge in [0.1, 0.15) is 5.78 Å². The van der Waals surface area contributed by atoms with Crippen molar-refractivity contribution in [1.29, 1.82) is 0 Å². The van der Waals surface area contributed by atoms with Crippen LogP contribution in [-0.4, -0.2) is 12.3 Å². The highest BCUT2D eigenvalue weighted by molar-refractivity contribution is 6.31. The summed E-state index contributed by atoms with van der Waals surface area (Å²) >= 11 is 6.05. The monoisotopic (exact) mass is 267 g/mol. The number of ketones is 1. The van der Waals surface area contributed by atoms with Gasteiger partial charge in [-0.1, -0.05) is 43.6 Å². The van der Waals surface area contributed by atoms with Crippen LogP contribution in [-0.2, 0) is 11.2 Å². The van der Waals surface area contributed by atoms with E-state index in [1.807, 2.05) is 24.3 Å². The average molecular weight is 268 g/mol. The predicted molar refractivity (Wildman–Crippen MR) is 76.8 cm³/mol. The zero-order chi connectivity index (χ0) is 13.5. The molecule has 1 unspecified atom stereocenters. The van der Waals surface area contributed by atoms with E-state index in [0.29, 0.717) is 36.2 Å². The molecule has 0 radical (unpaired) electrons. The molecule has 2 N–H and O–H groups in total. The maximum absolute atomic E-state index is 12.0. The fourth-order valence-electron chi connectivity index (χ4n) is 2.18. The molecule has 2 nitrogen and oxygen atoms in total. The molecule has 100 valence electrons. The van der Waals surface area contributed by atoms with Crippen LogP contribution in [0.2, 0.25) is 5.02 Å². The van der Waals surface area contributed by atoms with Gasteiger partial charge in [0, 0.05) is 17.9 Å². The van der Waals surface area contributed by atoms with E-state index in [1.54, 1.807) is 0 Å². The van der Waals surface area contributed by atoms with E-state index < -0.39 is 0 Å². The molecule has 0 spiro atoms. The molecule has 0 fully saturated rings. The van der Waals surface area contributed by atoms with Gasteiger partial charge in [-0.05, 0) is 36.4 Å². The Kier molecular flexibility index (Phi) is 6.37. The lowest BCUT2D eigenvalue weighted by Gasteiger charge is -2.16. The van der Waals surface area contributed by atoms with E-state index in [9.17, 15) is 4.79 Å². The Morgan fingerprint density at radius 2 is 2.00 bits per heavy atom. The SMILES string of the molecule is CC(C)CC(CN)CC(=O)Cc1ccccc1Cl. The van der Waals surface area contributed by atoms with Crippen molar-refractivity contribution in [3.05, 3.63) is 34.9 Å². The number of carbonyl (C=O) groups excluding carboxylic acids is 1. The molecule has 0 heterocycles. The molecule has 0 aliphatic carbocycles. The van der Waals surface area contributed by atoms with E-state index in [0.717, 1.165) is 12.0 Å². The molecule has 0 saturated carbocycles. The first-order valence-corrected chi connectivity index (χ1v) is 6.86. The predicted octanol–water partition coefficient (Wildman–Crippen LogP) is 3.46. The van der Waals surface area contributed by atoms with Crippen LogP contribution < -0.4 is 5.73 Å². The highest BCUT2D eigenvalue weighted by Gasteiger charge is 2.15. The van der Waals surface area contributed by atoms with Crippen molar-refractivity contribution in [1.82, 2.24) is 0 Å². The van der Waals surface area contributed by atoms with Crippen molar-refractivity contribution >= 4 is 17.4 Å². The standard InChI is InChI=1S/C15H22ClNO/c1-11(2)7-12(10-17)8-14(18)9-13-5-3-4-6-15(13)16/h3-6,11-12H,7-10,17H2,1-2H3. The molecule has 1 aromatic carbocycles. The van der Waals surface area contributed by atoms with E-state index in [2.05, 4.69) is 13.8 Å². The molecule has 18 heavy (non-hydrogen) atoms. The lowest BCUT2D eigenvalue weighted by molar-refractivity contribution is -0.119. The third kappa shape index (κ3) is 5.19. The van der Waals surface area contributed by atoms with Crippen molar-refractivity contribution in [2.75, 3.05) is 6.54 Å². The summed E-state index contributed by atoms with van der Waals surface area (Å²) in [4.78, 5) is 12.0. The van der Waals surface area contributed by atoms with Crippen LogP contribution in [0, 0.1) is 11.8 Å². The molecule has 1 aromatic rings. The van der Waals surface area contributed by atoms with Crippen LogP contribution in [0.5, 0.6) is 0 Å². The Balaban J connectivity index is 2.53. The van der Waals surface area contributed by atoms with Gasteiger partial charge in [-0.25, -0.2) is 0 Å². The molecule has 1 rings (SSSR count). The molecular weight excluding hydrogens is 246 g/mol. The molecule has 0 saturated heterocycles. The zero-order valence-electron chi connectivity index (χ0n) is 11.2. The van der Waals surface area contributed by atoms with Gasteiger partial charge in [-0.15, -0.1) is 0 Å². The second kappa shape index (κ2) is 7.55. The number of carbonyl (C=O) groups is 1. The molecule has 0 bridgehead atoms. The highest BCUT2D eigenvalue weighted by atomic mass is 35.5. The molecule has 0 amide bonds. The fraction of sp³-hybridized carbons (Fsp3) is 0.533. The molecule has 3 heteroatoms. The van der Waals surface area contributed by atoms with Gasteiger partial charge < -0.3 is 5.73 Å². The van der Waals surface area contributed by atoms with Gasteiger partial charge in [-0.3, -0.25) is 4.79 Å². The Morgan fingerprint density at radius 3 is 2.56 bits per heavy atom. The van der Waals surface area contributed by atoms with Crippen LogP contribution in [0.3, 0.4) is 0 Å². The van der Waals surface area contributed by atoms with Gasteiger partial charge in [0.2, 0.25) is 0 Å². The summed E-state index contributed by atoms with van der Waals surface area (Å²) in [6.07, 6.45) is 1.97. The Hall–Kier alpha value is -0.860. The second-order valence-electron chi connectivity index (χ2n) is 5.24. The average Bonchev–Trinajstić information content (AvgIpc) is 2.30. The van der Waals surface area contributed by atoms with E-state index in [4.69, 9.17) is 17.3 Å². The highest BCUT2D eigenvalue weighted by Crippen LogP contribution is 2.19. The number of Topliss-reactive ketones (excluding diaryl/α,β-unsaturated/α-hetero) is 1. The van der Waals surface area contributed by atoms with Gasteiger partial charge in [0.15, 0.2) is 0 Å². The van der Waals surface area contributed by atoms with Gasteiger partial charge >= 0.3 is 0 Å². The maximum Gasteiger partial charge on any atom is 0.137 e. The Bertz CT molecular complexity index is 390. The first-order valence-electron chi connectivity index (χ1n) is 6.48. The summed E-state index contributed by atoms with van der Waals surface area (Å²) in [7, 11) is 0. The Labute approximate surface area is 115 Å². The molecular formula is C15H22ClNO. The van der Waals surface area contributed by atoms with E-state index >= 15 is 0 Å². The zero-order valence-corrected chi connectivity index (χ0v) is 11.9. The van der Waals surface area contributed by atoms with Crippen LogP contribution in [0.1, 0.15) is 32.3 Å². The van der Waals surface area contributed by atoms with Gasteiger partial charge in [0.05, 0.1) is 0 Å². The third-order valence-electron chi connectivity index (χ3n) is 3.00. The van der Waals surface area contributed by atoms with Crippen LogP contribution >= 0.6 is 11.6 Å². The van der Waals surface area contributed by atoms with Crippen molar-refractivity contribution in [3.8, 4) is 0 Å². The second-order valence-corrected chi connectivity index (χ2v) is 5.65. The third-order valence-corrected chi connectivity index (χ3v) is 3.37. The summed E-state index contributed by atoms with van der Waals surface area (Å²) in [6, 6.07) is 7.50. The van der Waals surface area contributed by atoms with Crippen molar-refractivity contribution in [2.24, 2.45) is 17.6 Å². The van der Waals surface area contributed by atoms with E-state index in [-0.39, 0.29) is 5.78 Å². The smallest absolute Gasteiger partial charge is 0.137 e. The first kappa shape index (κ1) is 15.2. The Morgan fingerprint density at radius 1 is 1.33 bits per heavy atom. The van der Waals surface area contributed by atoms with Crippen molar-refractivity contribution < 1.29 is 4.79 Å². The summed E-state index contributed by atoms with van der Waals surface area (Å²) in [5.74, 6) is 1.09. The largest absolute Gasteiger partial charge is 0.330 e. The minimum absolute atomic E-state index is 0.221. The molecule has 1 atom stereocenters.